The number of nitrogens with one attached hydrogen (secondary N) is 1. The van der Waals surface area contributed by atoms with Crippen LogP contribution in [0.15, 0.2) is 0 Å². The van der Waals surface area contributed by atoms with Gasteiger partial charge in [0.05, 0.1) is 6.04 Å². The Morgan fingerprint density at radius 1 is 1.26 bits per heavy atom. The zero-order valence-corrected chi connectivity index (χ0v) is 14.2. The molecule has 4 atom stereocenters. The summed E-state index contributed by atoms with van der Waals surface area (Å²) in [4.78, 5) is 44.6. The average Bonchev–Trinajstić information content (AvgIpc) is 2.45. The normalized spacial score (nSPS) is 16.8. The highest BCUT2D eigenvalue weighted by molar-refractivity contribution is 7.38. The molecule has 0 rings (SSSR count). The van der Waals surface area contributed by atoms with E-state index in [0.717, 1.165) is 0 Å². The highest BCUT2D eigenvalue weighted by Crippen LogP contribution is 2.18. The Balaban J connectivity index is 5.33. The summed E-state index contributed by atoms with van der Waals surface area (Å²) >= 11 is 0. The molecule has 0 aliphatic heterocycles. The summed E-state index contributed by atoms with van der Waals surface area (Å²) in [5.74, 6) is -3.16. The first-order chi connectivity index (χ1) is 10.6. The third kappa shape index (κ3) is 6.31. The minimum atomic E-state index is -2.78. The Hall–Kier alpha value is -1.41. The molecule has 0 saturated heterocycles. The van der Waals surface area contributed by atoms with Gasteiger partial charge >= 0.3 is 14.0 Å². The highest BCUT2D eigenvalue weighted by Gasteiger charge is 2.45. The standard InChI is InChI=1S/C13H24N3O6P/c1-3-5-8(14)10(17)13(15,6-4-2)12(20)16-9(11(18)19)7-23(21)22/h8-9H,3-7,14-15H2,1-2H3,(H2-,16,18,19,20,21,22)/p+1/t8-,9?,13+/m0/s1. The lowest BCUT2D eigenvalue weighted by molar-refractivity contribution is -0.144. The first-order valence-corrected chi connectivity index (χ1v) is 8.75. The van der Waals surface area contributed by atoms with Crippen LogP contribution in [0.4, 0.5) is 0 Å². The van der Waals surface area contributed by atoms with E-state index in [0.29, 0.717) is 19.3 Å². The van der Waals surface area contributed by atoms with Gasteiger partial charge in [-0.05, 0) is 17.4 Å². The Morgan fingerprint density at radius 3 is 2.22 bits per heavy atom. The Kier molecular flexibility index (Phi) is 9.07. The Morgan fingerprint density at radius 2 is 1.83 bits per heavy atom. The van der Waals surface area contributed by atoms with Crippen LogP contribution >= 0.6 is 8.03 Å². The van der Waals surface area contributed by atoms with E-state index >= 15 is 0 Å². The summed E-state index contributed by atoms with van der Waals surface area (Å²) in [6.07, 6.45) is 0.695. The molecule has 7 N–H and O–H groups in total. The van der Waals surface area contributed by atoms with E-state index in [1.165, 1.54) is 0 Å². The van der Waals surface area contributed by atoms with Crippen molar-refractivity contribution in [2.45, 2.75) is 57.2 Å². The molecule has 0 fully saturated rings. The first kappa shape index (κ1) is 21.6. The molecule has 1 amide bonds. The highest BCUT2D eigenvalue weighted by atomic mass is 31.1. The van der Waals surface area contributed by atoms with Crippen LogP contribution in [0.3, 0.4) is 0 Å². The fourth-order valence-electron chi connectivity index (χ4n) is 2.14. The predicted octanol–water partition coefficient (Wildman–Crippen LogP) is -0.515. The lowest BCUT2D eigenvalue weighted by Gasteiger charge is -2.29. The van der Waals surface area contributed by atoms with Gasteiger partial charge in [-0.25, -0.2) is 4.79 Å². The quantitative estimate of drug-likeness (QED) is 0.244. The molecule has 2 unspecified atom stereocenters. The smallest absolute Gasteiger partial charge is 0.480 e. The number of rotatable bonds is 11. The summed E-state index contributed by atoms with van der Waals surface area (Å²) in [6, 6.07) is -2.54. The lowest BCUT2D eigenvalue weighted by atomic mass is 9.84. The van der Waals surface area contributed by atoms with Gasteiger partial charge in [0.2, 0.25) is 12.1 Å². The molecule has 0 radical (unpaired) electrons. The SMILES string of the molecule is CCC[C@H](N)C(=O)[C@](N)(CCC)C(=O)NC(C[P+](=O)O)C(=O)O. The van der Waals surface area contributed by atoms with Crippen LogP contribution in [-0.4, -0.2) is 51.4 Å². The molecular formula is C13H25N3O6P+. The molecule has 0 aliphatic rings. The molecule has 0 aromatic rings. The number of nitrogens with two attached hydrogens (primary N) is 2. The summed E-state index contributed by atoms with van der Waals surface area (Å²) in [6.45, 7) is 3.54. The zero-order valence-electron chi connectivity index (χ0n) is 13.3. The number of ketones is 1. The number of Topliss-reactive ketones (excluding diaryl/α,β-unsaturated/α-hetero) is 1. The van der Waals surface area contributed by atoms with Gasteiger partial charge in [0.15, 0.2) is 17.4 Å². The fourth-order valence-corrected chi connectivity index (χ4v) is 2.70. The van der Waals surface area contributed by atoms with Crippen molar-refractivity contribution in [3.63, 3.8) is 0 Å². The maximum atomic E-state index is 12.4. The van der Waals surface area contributed by atoms with Gasteiger partial charge in [0.25, 0.3) is 0 Å². The number of carbonyl (C=O) groups excluding carboxylic acids is 2. The van der Waals surface area contributed by atoms with Crippen molar-refractivity contribution in [2.24, 2.45) is 11.5 Å². The second-order valence-electron chi connectivity index (χ2n) is 5.38. The minimum absolute atomic E-state index is 0.00726. The lowest BCUT2D eigenvalue weighted by Crippen LogP contribution is -2.65. The number of carbonyl (C=O) groups is 3. The molecule has 0 aromatic carbocycles. The predicted molar refractivity (Wildman–Crippen MR) is 84.0 cm³/mol. The Bertz CT molecular complexity index is 473. The van der Waals surface area contributed by atoms with Crippen LogP contribution < -0.4 is 16.8 Å². The maximum absolute atomic E-state index is 12.4. The summed E-state index contributed by atoms with van der Waals surface area (Å²) in [5, 5.41) is 11.1. The topological polar surface area (TPSA) is 173 Å². The average molecular weight is 350 g/mol. The van der Waals surface area contributed by atoms with Crippen molar-refractivity contribution in [2.75, 3.05) is 6.16 Å². The van der Waals surface area contributed by atoms with Crippen LogP contribution in [0.1, 0.15) is 39.5 Å². The largest absolute Gasteiger partial charge is 0.508 e. The van der Waals surface area contributed by atoms with Gasteiger partial charge in [-0.2, -0.15) is 4.89 Å². The van der Waals surface area contributed by atoms with Crippen LogP contribution in [0.25, 0.3) is 0 Å². The van der Waals surface area contributed by atoms with E-state index < -0.39 is 49.5 Å². The van der Waals surface area contributed by atoms with E-state index in [4.69, 9.17) is 21.5 Å². The molecule has 9 nitrogen and oxygen atoms in total. The number of hydrogen-bond donors (Lipinski definition) is 5. The molecule has 0 aliphatic carbocycles. The van der Waals surface area contributed by atoms with E-state index in [1.54, 1.807) is 6.92 Å². The van der Waals surface area contributed by atoms with E-state index in [9.17, 15) is 18.9 Å². The molecule has 0 aromatic heterocycles. The van der Waals surface area contributed by atoms with Crippen molar-refractivity contribution in [3.8, 4) is 0 Å². The first-order valence-electron chi connectivity index (χ1n) is 7.36. The minimum Gasteiger partial charge on any atom is -0.480 e. The zero-order chi connectivity index (χ0) is 18.2. The second kappa shape index (κ2) is 9.67. The number of carboxylic acid groups (broad SMARTS) is 1. The molecular weight excluding hydrogens is 325 g/mol. The molecule has 0 saturated carbocycles. The van der Waals surface area contributed by atoms with Crippen molar-refractivity contribution in [1.82, 2.24) is 5.32 Å². The van der Waals surface area contributed by atoms with Gasteiger partial charge in [-0.15, -0.1) is 0 Å². The van der Waals surface area contributed by atoms with Gasteiger partial charge < -0.3 is 21.9 Å². The summed E-state index contributed by atoms with van der Waals surface area (Å²) in [7, 11) is -2.78. The summed E-state index contributed by atoms with van der Waals surface area (Å²) < 4.78 is 10.8. The van der Waals surface area contributed by atoms with Crippen LogP contribution in [0.5, 0.6) is 0 Å². The van der Waals surface area contributed by atoms with Gasteiger partial charge in [-0.1, -0.05) is 26.7 Å². The molecule has 0 bridgehead atoms. The maximum Gasteiger partial charge on any atom is 0.508 e. The molecule has 23 heavy (non-hydrogen) atoms. The number of amides is 1. The molecule has 0 heterocycles. The van der Waals surface area contributed by atoms with Crippen molar-refractivity contribution in [3.05, 3.63) is 0 Å². The number of hydrogen-bond acceptors (Lipinski definition) is 6. The van der Waals surface area contributed by atoms with E-state index in [1.807, 2.05) is 6.92 Å². The summed E-state index contributed by atoms with van der Waals surface area (Å²) in [5.41, 5.74) is 9.72. The van der Waals surface area contributed by atoms with Gasteiger partial charge in [0.1, 0.15) is 0 Å². The Labute approximate surface area is 135 Å². The third-order valence-electron chi connectivity index (χ3n) is 3.37. The van der Waals surface area contributed by atoms with Crippen LogP contribution in [0, 0.1) is 0 Å². The molecule has 132 valence electrons. The van der Waals surface area contributed by atoms with Crippen molar-refractivity contribution < 1.29 is 28.9 Å². The van der Waals surface area contributed by atoms with Gasteiger partial charge in [-0.3, -0.25) is 9.59 Å². The second-order valence-corrected chi connectivity index (χ2v) is 6.45. The van der Waals surface area contributed by atoms with E-state index in [2.05, 4.69) is 5.32 Å². The monoisotopic (exact) mass is 350 g/mol. The van der Waals surface area contributed by atoms with Crippen molar-refractivity contribution >= 4 is 25.7 Å². The van der Waals surface area contributed by atoms with Crippen molar-refractivity contribution in [1.29, 1.82) is 0 Å². The van der Waals surface area contributed by atoms with Gasteiger partial charge in [0, 0.05) is 0 Å². The fraction of sp³-hybridized carbons (Fsp3) is 0.769. The molecule has 0 spiro atoms. The number of carboxylic acids is 1. The number of aliphatic carboxylic acids is 1. The van der Waals surface area contributed by atoms with E-state index in [-0.39, 0.29) is 6.42 Å². The van der Waals surface area contributed by atoms with Crippen LogP contribution in [0.2, 0.25) is 0 Å². The molecule has 10 heteroatoms. The van der Waals surface area contributed by atoms with Crippen LogP contribution in [-0.2, 0) is 18.9 Å². The third-order valence-corrected chi connectivity index (χ3v) is 4.05.